The highest BCUT2D eigenvalue weighted by molar-refractivity contribution is 5.76. The highest BCUT2D eigenvalue weighted by atomic mass is 16.5. The Balaban J connectivity index is 1.73. The number of aryl methyl sites for hydroxylation is 1. The molecule has 1 fully saturated rings. The molecule has 1 aromatic carbocycles. The van der Waals surface area contributed by atoms with Crippen molar-refractivity contribution in [3.05, 3.63) is 29.8 Å². The summed E-state index contributed by atoms with van der Waals surface area (Å²) in [6, 6.07) is 8.51. The summed E-state index contributed by atoms with van der Waals surface area (Å²) in [5.41, 5.74) is 1.16. The summed E-state index contributed by atoms with van der Waals surface area (Å²) in [6.07, 6.45) is 4.95. The first kappa shape index (κ1) is 15.8. The first-order valence-corrected chi connectivity index (χ1v) is 7.84. The van der Waals surface area contributed by atoms with E-state index in [1.807, 2.05) is 24.3 Å². The van der Waals surface area contributed by atoms with Crippen molar-refractivity contribution >= 4 is 5.91 Å². The van der Waals surface area contributed by atoms with Crippen LogP contribution in [0.1, 0.15) is 38.2 Å². The van der Waals surface area contributed by atoms with Gasteiger partial charge in [-0.25, -0.2) is 0 Å². The first-order valence-electron chi connectivity index (χ1n) is 7.84. The molecule has 4 nitrogen and oxygen atoms in total. The Morgan fingerprint density at radius 3 is 2.76 bits per heavy atom. The monoisotopic (exact) mass is 290 g/mol. The predicted molar refractivity (Wildman–Crippen MR) is 84.6 cm³/mol. The van der Waals surface area contributed by atoms with Gasteiger partial charge in [-0.3, -0.25) is 4.79 Å². The molecule has 2 rings (SSSR count). The molecule has 1 saturated heterocycles. The van der Waals surface area contributed by atoms with Crippen LogP contribution < -0.4 is 15.4 Å². The lowest BCUT2D eigenvalue weighted by molar-refractivity contribution is -0.121. The standard InChI is InChI=1S/C17H26N2O2/c1-13(16-5-3-4-12-18-16)19-17(20)11-8-14-6-9-15(21-2)10-7-14/h6-7,9-10,13,16,18H,3-5,8,11-12H2,1-2H3,(H,19,20). The lowest BCUT2D eigenvalue weighted by atomic mass is 9.99. The summed E-state index contributed by atoms with van der Waals surface area (Å²) in [4.78, 5) is 12.0. The number of nitrogens with one attached hydrogen (secondary N) is 2. The third kappa shape index (κ3) is 5.05. The number of piperidine rings is 1. The molecule has 2 unspecified atom stereocenters. The molecule has 0 bridgehead atoms. The molecule has 1 aliphatic rings. The van der Waals surface area contributed by atoms with Crippen LogP contribution in [0.3, 0.4) is 0 Å². The van der Waals surface area contributed by atoms with Crippen LogP contribution in [-0.2, 0) is 11.2 Å². The fourth-order valence-corrected chi connectivity index (χ4v) is 2.78. The van der Waals surface area contributed by atoms with Crippen LogP contribution >= 0.6 is 0 Å². The zero-order chi connectivity index (χ0) is 15.1. The Morgan fingerprint density at radius 2 is 2.14 bits per heavy atom. The molecule has 1 aromatic rings. The molecule has 1 aliphatic heterocycles. The summed E-state index contributed by atoms with van der Waals surface area (Å²) in [5.74, 6) is 0.978. The second kappa shape index (κ2) is 8.03. The van der Waals surface area contributed by atoms with Gasteiger partial charge in [0.15, 0.2) is 0 Å². The minimum atomic E-state index is 0.130. The number of amides is 1. The van der Waals surface area contributed by atoms with Gasteiger partial charge in [0.25, 0.3) is 0 Å². The van der Waals surface area contributed by atoms with E-state index >= 15 is 0 Å². The molecule has 1 amide bonds. The number of ether oxygens (including phenoxy) is 1. The van der Waals surface area contributed by atoms with Crippen molar-refractivity contribution in [1.29, 1.82) is 0 Å². The van der Waals surface area contributed by atoms with Crippen molar-refractivity contribution in [2.75, 3.05) is 13.7 Å². The SMILES string of the molecule is COc1ccc(CCC(=O)NC(C)C2CCCCN2)cc1. The van der Waals surface area contributed by atoms with Crippen molar-refractivity contribution in [2.24, 2.45) is 0 Å². The van der Waals surface area contributed by atoms with E-state index in [4.69, 9.17) is 4.74 Å². The van der Waals surface area contributed by atoms with Gasteiger partial charge in [0.1, 0.15) is 5.75 Å². The van der Waals surface area contributed by atoms with Gasteiger partial charge in [0.05, 0.1) is 7.11 Å². The van der Waals surface area contributed by atoms with E-state index in [0.29, 0.717) is 12.5 Å². The largest absolute Gasteiger partial charge is 0.497 e. The molecular formula is C17H26N2O2. The third-order valence-electron chi connectivity index (χ3n) is 4.14. The van der Waals surface area contributed by atoms with Crippen molar-refractivity contribution in [3.63, 3.8) is 0 Å². The molecule has 0 aliphatic carbocycles. The van der Waals surface area contributed by atoms with E-state index in [1.165, 1.54) is 12.8 Å². The Kier molecular flexibility index (Phi) is 6.05. The number of carbonyl (C=O) groups excluding carboxylic acids is 1. The second-order valence-electron chi connectivity index (χ2n) is 5.76. The maximum Gasteiger partial charge on any atom is 0.220 e. The van der Waals surface area contributed by atoms with Crippen LogP contribution in [0.2, 0.25) is 0 Å². The number of methoxy groups -OCH3 is 1. The average Bonchev–Trinajstić information content (AvgIpc) is 2.54. The quantitative estimate of drug-likeness (QED) is 0.845. The molecule has 2 atom stereocenters. The lowest BCUT2D eigenvalue weighted by Crippen LogP contribution is -2.50. The van der Waals surface area contributed by atoms with E-state index < -0.39 is 0 Å². The number of hydrogen-bond donors (Lipinski definition) is 2. The third-order valence-corrected chi connectivity index (χ3v) is 4.14. The first-order chi connectivity index (χ1) is 10.2. The Hall–Kier alpha value is -1.55. The van der Waals surface area contributed by atoms with Gasteiger partial charge in [-0.1, -0.05) is 18.6 Å². The molecule has 0 saturated carbocycles. The van der Waals surface area contributed by atoms with E-state index in [1.54, 1.807) is 7.11 Å². The topological polar surface area (TPSA) is 50.4 Å². The summed E-state index contributed by atoms with van der Waals surface area (Å²) in [6.45, 7) is 3.16. The number of rotatable bonds is 6. The fraction of sp³-hybridized carbons (Fsp3) is 0.588. The summed E-state index contributed by atoms with van der Waals surface area (Å²) >= 11 is 0. The van der Waals surface area contributed by atoms with Crippen LogP contribution in [0.15, 0.2) is 24.3 Å². The van der Waals surface area contributed by atoms with Gasteiger partial charge in [-0.05, 0) is 50.4 Å². The molecule has 0 spiro atoms. The second-order valence-corrected chi connectivity index (χ2v) is 5.76. The molecule has 1 heterocycles. The molecule has 0 radical (unpaired) electrons. The van der Waals surface area contributed by atoms with Crippen molar-refractivity contribution in [3.8, 4) is 5.75 Å². The zero-order valence-electron chi connectivity index (χ0n) is 13.0. The summed E-state index contributed by atoms with van der Waals surface area (Å²) < 4.78 is 5.13. The van der Waals surface area contributed by atoms with E-state index in [-0.39, 0.29) is 11.9 Å². The van der Waals surface area contributed by atoms with Crippen molar-refractivity contribution in [1.82, 2.24) is 10.6 Å². The van der Waals surface area contributed by atoms with Gasteiger partial charge in [0, 0.05) is 18.5 Å². The highest BCUT2D eigenvalue weighted by Gasteiger charge is 2.20. The fourth-order valence-electron chi connectivity index (χ4n) is 2.78. The van der Waals surface area contributed by atoms with E-state index in [9.17, 15) is 4.79 Å². The van der Waals surface area contributed by atoms with E-state index in [0.717, 1.165) is 30.7 Å². The predicted octanol–water partition coefficient (Wildman–Crippen LogP) is 2.27. The van der Waals surface area contributed by atoms with Crippen LogP contribution in [0.5, 0.6) is 5.75 Å². The maximum absolute atomic E-state index is 12.0. The number of carbonyl (C=O) groups is 1. The molecule has 4 heteroatoms. The summed E-state index contributed by atoms with van der Waals surface area (Å²) in [5, 5.41) is 6.60. The van der Waals surface area contributed by atoms with Gasteiger partial charge >= 0.3 is 0 Å². The van der Waals surface area contributed by atoms with E-state index in [2.05, 4.69) is 17.6 Å². The van der Waals surface area contributed by atoms with Gasteiger partial charge < -0.3 is 15.4 Å². The summed E-state index contributed by atoms with van der Waals surface area (Å²) in [7, 11) is 1.66. The van der Waals surface area contributed by atoms with Crippen molar-refractivity contribution < 1.29 is 9.53 Å². The minimum Gasteiger partial charge on any atom is -0.497 e. The maximum atomic E-state index is 12.0. The van der Waals surface area contributed by atoms with Crippen LogP contribution in [-0.4, -0.2) is 31.6 Å². The molecule has 2 N–H and O–H groups in total. The minimum absolute atomic E-state index is 0.130. The molecule has 21 heavy (non-hydrogen) atoms. The highest BCUT2D eigenvalue weighted by Crippen LogP contribution is 2.13. The van der Waals surface area contributed by atoms with Crippen molar-refractivity contribution in [2.45, 2.75) is 51.1 Å². The normalized spacial score (nSPS) is 19.8. The smallest absolute Gasteiger partial charge is 0.220 e. The lowest BCUT2D eigenvalue weighted by Gasteiger charge is -2.29. The van der Waals surface area contributed by atoms with Gasteiger partial charge in [0.2, 0.25) is 5.91 Å². The molecule has 0 aromatic heterocycles. The zero-order valence-corrected chi connectivity index (χ0v) is 13.0. The number of benzene rings is 1. The molecular weight excluding hydrogens is 264 g/mol. The molecule has 116 valence electrons. The average molecular weight is 290 g/mol. The Morgan fingerprint density at radius 1 is 1.38 bits per heavy atom. The van der Waals surface area contributed by atoms with Gasteiger partial charge in [-0.2, -0.15) is 0 Å². The number of hydrogen-bond acceptors (Lipinski definition) is 3. The van der Waals surface area contributed by atoms with Gasteiger partial charge in [-0.15, -0.1) is 0 Å². The van der Waals surface area contributed by atoms with Crippen LogP contribution in [0.4, 0.5) is 0 Å². The Labute approximate surface area is 127 Å². The Bertz CT molecular complexity index is 439. The van der Waals surface area contributed by atoms with Crippen LogP contribution in [0.25, 0.3) is 0 Å². The van der Waals surface area contributed by atoms with Crippen LogP contribution in [0, 0.1) is 0 Å².